The summed E-state index contributed by atoms with van der Waals surface area (Å²) >= 11 is 0. The van der Waals surface area contributed by atoms with Crippen molar-refractivity contribution in [2.45, 2.75) is 13.2 Å². The fourth-order valence-corrected chi connectivity index (χ4v) is 2.97. The first-order valence-corrected chi connectivity index (χ1v) is 8.15. The lowest BCUT2D eigenvalue weighted by atomic mass is 9.98. The largest absolute Gasteiger partial charge is 0.392 e. The van der Waals surface area contributed by atoms with Crippen LogP contribution in [-0.2, 0) is 13.2 Å². The molecule has 1 aromatic carbocycles. The third kappa shape index (κ3) is 3.09. The molecule has 0 aliphatic heterocycles. The maximum absolute atomic E-state index is 9.68. The van der Waals surface area contributed by atoms with Crippen molar-refractivity contribution >= 4 is 16.9 Å². The van der Waals surface area contributed by atoms with Crippen molar-refractivity contribution in [2.24, 2.45) is 0 Å². The molecule has 25 heavy (non-hydrogen) atoms. The van der Waals surface area contributed by atoms with Gasteiger partial charge in [0.15, 0.2) is 0 Å². The van der Waals surface area contributed by atoms with Gasteiger partial charge >= 0.3 is 0 Å². The van der Waals surface area contributed by atoms with Crippen LogP contribution in [0.25, 0.3) is 22.2 Å². The number of hydrogen-bond donors (Lipinski definition) is 3. The van der Waals surface area contributed by atoms with Crippen LogP contribution in [0.3, 0.4) is 0 Å². The molecular weight excluding hydrogens is 312 g/mol. The molecule has 5 heteroatoms. The number of fused-ring (bicyclic) bond motifs is 1. The second-order valence-electron chi connectivity index (χ2n) is 5.83. The number of aliphatic hydroxyl groups excluding tert-OH is 1. The SMILES string of the molecule is OCc1ccccc1-c1cc(NCc2cccnc2)nc2[nH]ccc12. The molecule has 0 saturated heterocycles. The number of H-pyrrole nitrogens is 1. The van der Waals surface area contributed by atoms with Crippen LogP contribution in [0.1, 0.15) is 11.1 Å². The highest BCUT2D eigenvalue weighted by Gasteiger charge is 2.11. The summed E-state index contributed by atoms with van der Waals surface area (Å²) in [4.78, 5) is 12.0. The number of anilines is 1. The summed E-state index contributed by atoms with van der Waals surface area (Å²) in [5.41, 5.74) is 4.87. The minimum atomic E-state index is 0.00284. The van der Waals surface area contributed by atoms with E-state index < -0.39 is 0 Å². The molecule has 0 fully saturated rings. The van der Waals surface area contributed by atoms with E-state index in [4.69, 9.17) is 0 Å². The number of nitrogens with one attached hydrogen (secondary N) is 2. The van der Waals surface area contributed by atoms with Gasteiger partial charge < -0.3 is 15.4 Å². The Hall–Kier alpha value is -3.18. The van der Waals surface area contributed by atoms with Gasteiger partial charge in [-0.3, -0.25) is 4.98 Å². The minimum absolute atomic E-state index is 0.00284. The Kier molecular flexibility index (Phi) is 4.14. The molecule has 0 atom stereocenters. The van der Waals surface area contributed by atoms with Crippen LogP contribution in [0.5, 0.6) is 0 Å². The Labute approximate surface area is 145 Å². The number of benzene rings is 1. The molecule has 0 spiro atoms. The summed E-state index contributed by atoms with van der Waals surface area (Å²) in [7, 11) is 0. The molecule has 0 radical (unpaired) electrons. The third-order valence-electron chi connectivity index (χ3n) is 4.20. The number of hydrogen-bond acceptors (Lipinski definition) is 4. The van der Waals surface area contributed by atoms with E-state index in [1.54, 1.807) is 6.20 Å². The summed E-state index contributed by atoms with van der Waals surface area (Å²) in [5, 5.41) is 14.1. The van der Waals surface area contributed by atoms with Crippen molar-refractivity contribution in [1.29, 1.82) is 0 Å². The summed E-state index contributed by atoms with van der Waals surface area (Å²) in [5.74, 6) is 0.779. The van der Waals surface area contributed by atoms with Crippen molar-refractivity contribution in [3.63, 3.8) is 0 Å². The van der Waals surface area contributed by atoms with Gasteiger partial charge in [0.2, 0.25) is 0 Å². The van der Waals surface area contributed by atoms with Gasteiger partial charge in [-0.25, -0.2) is 4.98 Å². The molecule has 0 amide bonds. The maximum atomic E-state index is 9.68. The minimum Gasteiger partial charge on any atom is -0.392 e. The first-order valence-electron chi connectivity index (χ1n) is 8.15. The summed E-state index contributed by atoms with van der Waals surface area (Å²) in [6.07, 6.45) is 5.48. The normalized spacial score (nSPS) is 10.9. The van der Waals surface area contributed by atoms with E-state index in [1.165, 1.54) is 0 Å². The molecule has 0 unspecified atom stereocenters. The van der Waals surface area contributed by atoms with Gasteiger partial charge in [0, 0.05) is 30.5 Å². The molecule has 124 valence electrons. The standard InChI is InChI=1S/C20H18N4O/c25-13-15-5-1-2-6-16(15)18-10-19(24-20-17(18)7-9-22-20)23-12-14-4-3-8-21-11-14/h1-11,25H,12-13H2,(H2,22,23,24). The Morgan fingerprint density at radius 3 is 2.80 bits per heavy atom. The molecule has 5 nitrogen and oxygen atoms in total. The second-order valence-corrected chi connectivity index (χ2v) is 5.83. The lowest BCUT2D eigenvalue weighted by Gasteiger charge is -2.12. The topological polar surface area (TPSA) is 73.8 Å². The molecule has 4 aromatic rings. The van der Waals surface area contributed by atoms with Gasteiger partial charge in [-0.15, -0.1) is 0 Å². The van der Waals surface area contributed by atoms with Crippen LogP contribution in [0, 0.1) is 0 Å². The van der Waals surface area contributed by atoms with Gasteiger partial charge in [0.25, 0.3) is 0 Å². The average Bonchev–Trinajstić information content (AvgIpc) is 3.15. The van der Waals surface area contributed by atoms with Gasteiger partial charge in [0.1, 0.15) is 11.5 Å². The molecule has 3 aromatic heterocycles. The first kappa shape index (κ1) is 15.4. The molecule has 0 bridgehead atoms. The highest BCUT2D eigenvalue weighted by molar-refractivity contribution is 5.95. The summed E-state index contributed by atoms with van der Waals surface area (Å²) in [6.45, 7) is 0.650. The van der Waals surface area contributed by atoms with Crippen molar-refractivity contribution in [3.05, 3.63) is 78.2 Å². The van der Waals surface area contributed by atoms with Crippen LogP contribution < -0.4 is 5.32 Å². The Morgan fingerprint density at radius 1 is 1.04 bits per heavy atom. The van der Waals surface area contributed by atoms with Crippen LogP contribution >= 0.6 is 0 Å². The third-order valence-corrected chi connectivity index (χ3v) is 4.20. The molecule has 3 N–H and O–H groups in total. The number of nitrogens with zero attached hydrogens (tertiary/aromatic N) is 2. The molecular formula is C20H18N4O. The van der Waals surface area contributed by atoms with E-state index >= 15 is 0 Å². The zero-order valence-corrected chi connectivity index (χ0v) is 13.6. The van der Waals surface area contributed by atoms with E-state index in [0.717, 1.165) is 39.1 Å². The summed E-state index contributed by atoms with van der Waals surface area (Å²) in [6, 6.07) is 15.9. The van der Waals surface area contributed by atoms with Gasteiger partial charge in [-0.2, -0.15) is 0 Å². The molecule has 0 saturated carbocycles. The quantitative estimate of drug-likeness (QED) is 0.521. The van der Waals surface area contributed by atoms with Gasteiger partial charge in [-0.05, 0) is 40.5 Å². The van der Waals surface area contributed by atoms with E-state index in [2.05, 4.69) is 20.3 Å². The van der Waals surface area contributed by atoms with Gasteiger partial charge in [-0.1, -0.05) is 30.3 Å². The van der Waals surface area contributed by atoms with E-state index in [0.29, 0.717) is 6.54 Å². The molecule has 3 heterocycles. The van der Waals surface area contributed by atoms with Crippen molar-refractivity contribution < 1.29 is 5.11 Å². The van der Waals surface area contributed by atoms with E-state index in [9.17, 15) is 5.11 Å². The van der Waals surface area contributed by atoms with Crippen molar-refractivity contribution in [1.82, 2.24) is 15.0 Å². The Bertz CT molecular complexity index is 995. The monoisotopic (exact) mass is 330 g/mol. The number of aliphatic hydroxyl groups is 1. The maximum Gasteiger partial charge on any atom is 0.140 e. The number of rotatable bonds is 5. The molecule has 0 aliphatic carbocycles. The molecule has 4 rings (SSSR count). The van der Waals surface area contributed by atoms with E-state index in [-0.39, 0.29) is 6.61 Å². The smallest absolute Gasteiger partial charge is 0.140 e. The van der Waals surface area contributed by atoms with Crippen molar-refractivity contribution in [3.8, 4) is 11.1 Å². The zero-order valence-electron chi connectivity index (χ0n) is 13.6. The predicted molar refractivity (Wildman–Crippen MR) is 99.0 cm³/mol. The predicted octanol–water partition coefficient (Wildman–Crippen LogP) is 3.73. The van der Waals surface area contributed by atoms with E-state index in [1.807, 2.05) is 60.9 Å². The highest BCUT2D eigenvalue weighted by atomic mass is 16.3. The van der Waals surface area contributed by atoms with Crippen molar-refractivity contribution in [2.75, 3.05) is 5.32 Å². The lowest BCUT2D eigenvalue weighted by Crippen LogP contribution is -2.02. The number of aromatic amines is 1. The average molecular weight is 330 g/mol. The van der Waals surface area contributed by atoms with Gasteiger partial charge in [0.05, 0.1) is 6.61 Å². The van der Waals surface area contributed by atoms with Crippen LogP contribution in [-0.4, -0.2) is 20.1 Å². The fourth-order valence-electron chi connectivity index (χ4n) is 2.97. The first-order chi connectivity index (χ1) is 12.3. The highest BCUT2D eigenvalue weighted by Crippen LogP contribution is 2.32. The Morgan fingerprint density at radius 2 is 1.96 bits per heavy atom. The lowest BCUT2D eigenvalue weighted by molar-refractivity contribution is 0.282. The second kappa shape index (κ2) is 6.75. The Balaban J connectivity index is 1.75. The van der Waals surface area contributed by atoms with Crippen LogP contribution in [0.2, 0.25) is 0 Å². The number of pyridine rings is 2. The van der Waals surface area contributed by atoms with Crippen LogP contribution in [0.4, 0.5) is 5.82 Å². The fraction of sp³-hybridized carbons (Fsp3) is 0.100. The molecule has 0 aliphatic rings. The number of aromatic nitrogens is 3. The zero-order chi connectivity index (χ0) is 17.1. The van der Waals surface area contributed by atoms with Crippen LogP contribution in [0.15, 0.2) is 67.1 Å². The summed E-state index contributed by atoms with van der Waals surface area (Å²) < 4.78 is 0.